The van der Waals surface area contributed by atoms with Crippen molar-refractivity contribution in [3.05, 3.63) is 27.7 Å². The van der Waals surface area contributed by atoms with Gasteiger partial charge in [0.2, 0.25) is 0 Å². The minimum absolute atomic E-state index is 0.286. The fourth-order valence-corrected chi connectivity index (χ4v) is 3.34. The number of benzene rings is 1. The molecule has 0 bridgehead atoms. The predicted octanol–water partition coefficient (Wildman–Crippen LogP) is 3.31. The largest absolute Gasteiger partial charge is 0.297 e. The van der Waals surface area contributed by atoms with Crippen LogP contribution in [-0.4, -0.2) is 23.2 Å². The van der Waals surface area contributed by atoms with Gasteiger partial charge in [0, 0.05) is 27.3 Å². The van der Waals surface area contributed by atoms with Crippen molar-refractivity contribution in [2.24, 2.45) is 0 Å². The molecule has 0 N–H and O–H groups in total. The van der Waals surface area contributed by atoms with E-state index in [1.165, 1.54) is 4.57 Å². The lowest BCUT2D eigenvalue weighted by Crippen LogP contribution is -2.06. The van der Waals surface area contributed by atoms with Gasteiger partial charge in [-0.1, -0.05) is 27.5 Å². The zero-order valence-corrected chi connectivity index (χ0v) is 13.6. The van der Waals surface area contributed by atoms with Gasteiger partial charge in [0.1, 0.15) is 0 Å². The smallest absolute Gasteiger partial charge is 0.296 e. The lowest BCUT2D eigenvalue weighted by atomic mass is 10.2. The van der Waals surface area contributed by atoms with E-state index in [-0.39, 0.29) is 5.16 Å². The van der Waals surface area contributed by atoms with Crippen LogP contribution < -0.4 is 0 Å². The van der Waals surface area contributed by atoms with Crippen molar-refractivity contribution in [2.45, 2.75) is 18.6 Å². The molecule has 0 aliphatic rings. The van der Waals surface area contributed by atoms with Gasteiger partial charge in [0.05, 0.1) is 5.02 Å². The molecule has 0 amide bonds. The van der Waals surface area contributed by atoms with Crippen molar-refractivity contribution in [1.29, 1.82) is 0 Å². The Morgan fingerprint density at radius 2 is 2.05 bits per heavy atom. The third-order valence-corrected chi connectivity index (χ3v) is 4.38. The summed E-state index contributed by atoms with van der Waals surface area (Å²) in [7, 11) is 1.37. The van der Waals surface area contributed by atoms with E-state index in [0.717, 1.165) is 4.47 Å². The first-order chi connectivity index (χ1) is 8.84. The normalized spacial score (nSPS) is 11.8. The maximum Gasteiger partial charge on any atom is 0.296 e. The van der Waals surface area contributed by atoms with Gasteiger partial charge in [0.25, 0.3) is 14.2 Å². The monoisotopic (exact) mass is 383 g/mol. The molecule has 2 rings (SSSR count). The second kappa shape index (κ2) is 5.40. The fourth-order valence-electron chi connectivity index (χ4n) is 1.62. The molecule has 0 aliphatic carbocycles. The van der Waals surface area contributed by atoms with Crippen molar-refractivity contribution in [2.75, 3.05) is 0 Å². The molecule has 0 unspecified atom stereocenters. The third kappa shape index (κ3) is 2.94. The highest BCUT2D eigenvalue weighted by Crippen LogP contribution is 2.30. The first-order valence-corrected chi connectivity index (χ1v) is 8.66. The van der Waals surface area contributed by atoms with Crippen LogP contribution in [0.2, 0.25) is 5.02 Å². The summed E-state index contributed by atoms with van der Waals surface area (Å²) in [5.74, 6) is 0.360. The molecule has 0 fully saturated rings. The summed E-state index contributed by atoms with van der Waals surface area (Å²) in [6, 6.07) is 5.21. The van der Waals surface area contributed by atoms with Crippen LogP contribution in [0.1, 0.15) is 6.92 Å². The predicted molar refractivity (Wildman–Crippen MR) is 76.9 cm³/mol. The van der Waals surface area contributed by atoms with E-state index in [0.29, 0.717) is 23.0 Å². The number of halogens is 3. The summed E-state index contributed by atoms with van der Waals surface area (Å²) in [6.45, 7) is 2.13. The van der Waals surface area contributed by atoms with Gasteiger partial charge >= 0.3 is 0 Å². The molecule has 0 saturated carbocycles. The SMILES string of the molecule is CCn1c(-c2ccc(Br)cc2Cl)nnc1S(=O)(=O)Cl. The Kier molecular flexibility index (Phi) is 4.20. The molecule has 0 radical (unpaired) electrons. The van der Waals surface area contributed by atoms with Crippen molar-refractivity contribution in [1.82, 2.24) is 14.8 Å². The summed E-state index contributed by atoms with van der Waals surface area (Å²) < 4.78 is 25.0. The molecule has 0 atom stereocenters. The van der Waals surface area contributed by atoms with E-state index < -0.39 is 9.05 Å². The maximum atomic E-state index is 11.4. The van der Waals surface area contributed by atoms with Crippen molar-refractivity contribution in [3.8, 4) is 11.4 Å². The fraction of sp³-hybridized carbons (Fsp3) is 0.200. The zero-order chi connectivity index (χ0) is 14.2. The summed E-state index contributed by atoms with van der Waals surface area (Å²) >= 11 is 9.42. The Labute approximate surface area is 128 Å². The van der Waals surface area contributed by atoms with Crippen molar-refractivity contribution < 1.29 is 8.42 Å². The first kappa shape index (κ1) is 14.8. The number of nitrogens with zero attached hydrogens (tertiary/aromatic N) is 3. The van der Waals surface area contributed by atoms with Gasteiger partial charge in [-0.3, -0.25) is 4.57 Å². The second-order valence-corrected chi connectivity index (χ2v) is 7.40. The summed E-state index contributed by atoms with van der Waals surface area (Å²) in [4.78, 5) is 0. The van der Waals surface area contributed by atoms with E-state index in [4.69, 9.17) is 22.3 Å². The molecule has 0 aliphatic heterocycles. The lowest BCUT2D eigenvalue weighted by Gasteiger charge is -2.07. The van der Waals surface area contributed by atoms with Gasteiger partial charge in [-0.2, -0.15) is 0 Å². The van der Waals surface area contributed by atoms with Crippen LogP contribution in [-0.2, 0) is 15.6 Å². The topological polar surface area (TPSA) is 64.8 Å². The summed E-state index contributed by atoms with van der Waals surface area (Å²) in [5.41, 5.74) is 0.589. The molecule has 5 nitrogen and oxygen atoms in total. The molecule has 0 saturated heterocycles. The van der Waals surface area contributed by atoms with Crippen LogP contribution in [0, 0.1) is 0 Å². The van der Waals surface area contributed by atoms with Crippen LogP contribution in [0.5, 0.6) is 0 Å². The zero-order valence-electron chi connectivity index (χ0n) is 9.64. The van der Waals surface area contributed by atoms with E-state index in [2.05, 4.69) is 26.1 Å². The van der Waals surface area contributed by atoms with Crippen LogP contribution >= 0.6 is 38.2 Å². The van der Waals surface area contributed by atoms with Crippen LogP contribution in [0.4, 0.5) is 0 Å². The molecule has 1 aromatic heterocycles. The average molecular weight is 385 g/mol. The minimum Gasteiger partial charge on any atom is -0.297 e. The standard InChI is InChI=1S/C10H8BrCl2N3O2S/c1-2-16-9(14-15-10(16)19(13,17)18)7-4-3-6(11)5-8(7)12/h3-5H,2H2,1H3. The van der Waals surface area contributed by atoms with Gasteiger partial charge in [-0.15, -0.1) is 10.2 Å². The molecular formula is C10H8BrCl2N3O2S. The Balaban J connectivity index is 2.67. The Morgan fingerprint density at radius 3 is 2.58 bits per heavy atom. The molecular weight excluding hydrogens is 377 g/mol. The number of hydrogen-bond acceptors (Lipinski definition) is 4. The van der Waals surface area contributed by atoms with Gasteiger partial charge in [-0.05, 0) is 25.1 Å². The number of rotatable bonds is 3. The Hall–Kier alpha value is -0.630. The third-order valence-electron chi connectivity index (χ3n) is 2.42. The van der Waals surface area contributed by atoms with Gasteiger partial charge in [-0.25, -0.2) is 8.42 Å². The van der Waals surface area contributed by atoms with Crippen molar-refractivity contribution >= 4 is 47.3 Å². The summed E-state index contributed by atoms with van der Waals surface area (Å²) in [6.07, 6.45) is 0. The molecule has 1 heterocycles. The molecule has 0 spiro atoms. The lowest BCUT2D eigenvalue weighted by molar-refractivity contribution is 0.583. The highest BCUT2D eigenvalue weighted by atomic mass is 79.9. The van der Waals surface area contributed by atoms with E-state index in [9.17, 15) is 8.42 Å². The highest BCUT2D eigenvalue weighted by Gasteiger charge is 2.23. The van der Waals surface area contributed by atoms with Crippen molar-refractivity contribution in [3.63, 3.8) is 0 Å². The highest BCUT2D eigenvalue weighted by molar-refractivity contribution is 9.10. The average Bonchev–Trinajstić information content (AvgIpc) is 2.72. The molecule has 1 aromatic carbocycles. The Morgan fingerprint density at radius 1 is 1.37 bits per heavy atom. The van der Waals surface area contributed by atoms with E-state index in [1.807, 2.05) is 0 Å². The Bertz CT molecular complexity index is 730. The van der Waals surface area contributed by atoms with Crippen LogP contribution in [0.25, 0.3) is 11.4 Å². The van der Waals surface area contributed by atoms with Gasteiger partial charge in [0.15, 0.2) is 5.82 Å². The van der Waals surface area contributed by atoms with E-state index >= 15 is 0 Å². The molecule has 19 heavy (non-hydrogen) atoms. The maximum absolute atomic E-state index is 11.4. The molecule has 102 valence electrons. The number of aromatic nitrogens is 3. The quantitative estimate of drug-likeness (QED) is 0.761. The summed E-state index contributed by atoms with van der Waals surface area (Å²) in [5, 5.41) is 7.64. The first-order valence-electron chi connectivity index (χ1n) is 5.18. The number of hydrogen-bond donors (Lipinski definition) is 0. The van der Waals surface area contributed by atoms with E-state index in [1.54, 1.807) is 25.1 Å². The van der Waals surface area contributed by atoms with Crippen LogP contribution in [0.3, 0.4) is 0 Å². The van der Waals surface area contributed by atoms with Gasteiger partial charge < -0.3 is 0 Å². The molecule has 2 aromatic rings. The second-order valence-electron chi connectivity index (χ2n) is 3.61. The van der Waals surface area contributed by atoms with Crippen LogP contribution in [0.15, 0.2) is 27.8 Å². The molecule has 9 heteroatoms. The minimum atomic E-state index is -3.94.